The summed E-state index contributed by atoms with van der Waals surface area (Å²) in [5, 5.41) is 10.6. The van der Waals surface area contributed by atoms with Gasteiger partial charge in [-0.1, -0.05) is 13.8 Å². The topological polar surface area (TPSA) is 116 Å². The van der Waals surface area contributed by atoms with Crippen LogP contribution in [0.2, 0.25) is 0 Å². The number of carbonyl (C=O) groups is 4. The average molecular weight is 499 g/mol. The summed E-state index contributed by atoms with van der Waals surface area (Å²) in [6, 6.07) is 0. The normalized spacial score (nSPS) is 17.1. The van der Waals surface area contributed by atoms with Crippen LogP contribution < -0.4 is 21.3 Å². The fourth-order valence-corrected chi connectivity index (χ4v) is 2.84. The van der Waals surface area contributed by atoms with Gasteiger partial charge in [-0.15, -0.1) is 0 Å². The summed E-state index contributed by atoms with van der Waals surface area (Å²) in [5.41, 5.74) is -4.11. The third-order valence-electron chi connectivity index (χ3n) is 4.55. The van der Waals surface area contributed by atoms with Crippen molar-refractivity contribution in [1.29, 1.82) is 0 Å². The van der Waals surface area contributed by atoms with E-state index in [9.17, 15) is 19.2 Å². The number of thiol groups is 4. The van der Waals surface area contributed by atoms with E-state index in [1.54, 1.807) is 13.8 Å². The first kappa shape index (κ1) is 29.3. The highest BCUT2D eigenvalue weighted by Gasteiger charge is 2.44. The monoisotopic (exact) mass is 498 g/mol. The van der Waals surface area contributed by atoms with Crippen molar-refractivity contribution in [1.82, 2.24) is 21.3 Å². The van der Waals surface area contributed by atoms with E-state index in [1.165, 1.54) is 20.8 Å². The maximum Gasteiger partial charge on any atom is 0.247 e. The molecule has 0 fully saturated rings. The number of nitrogens with one attached hydrogen (secondary N) is 4. The lowest BCUT2D eigenvalue weighted by atomic mass is 9.95. The minimum Gasteiger partial charge on any atom is -0.353 e. The number of hydrogen-bond donors (Lipinski definition) is 8. The molecule has 0 heterocycles. The van der Waals surface area contributed by atoms with Gasteiger partial charge in [-0.3, -0.25) is 19.2 Å². The van der Waals surface area contributed by atoms with E-state index in [0.717, 1.165) is 0 Å². The Morgan fingerprint density at radius 3 is 1.40 bits per heavy atom. The zero-order chi connectivity index (χ0) is 23.8. The van der Waals surface area contributed by atoms with Gasteiger partial charge in [0.25, 0.3) is 0 Å². The van der Waals surface area contributed by atoms with Crippen molar-refractivity contribution in [3.05, 3.63) is 0 Å². The van der Waals surface area contributed by atoms with E-state index in [0.29, 0.717) is 12.3 Å². The zero-order valence-electron chi connectivity index (χ0n) is 18.0. The highest BCUT2D eigenvalue weighted by atomic mass is 32.1. The standard InChI is InChI=1S/C18H34N4O4S4/c1-11(2)12(23)20-17(4,9-29)14(25)22-18(5,10-30)15(26)21-16(3,8-28)13(24)19-6-7-27/h11,27-30H,6-10H2,1-5H3,(H,19,24)(H,20,23)(H,21,26)(H,22,25)/t16-,17-,18-/m0/s1. The Labute approximate surface area is 200 Å². The molecule has 8 nitrogen and oxygen atoms in total. The maximum absolute atomic E-state index is 13.0. The second kappa shape index (κ2) is 12.4. The first-order valence-electron chi connectivity index (χ1n) is 9.44. The van der Waals surface area contributed by atoms with Crippen molar-refractivity contribution in [2.24, 2.45) is 5.92 Å². The molecule has 0 aliphatic heterocycles. The molecule has 0 aromatic heterocycles. The quantitative estimate of drug-likeness (QED) is 0.182. The number of rotatable bonds is 12. The van der Waals surface area contributed by atoms with Crippen LogP contribution >= 0.6 is 50.5 Å². The summed E-state index contributed by atoms with van der Waals surface area (Å²) in [5.74, 6) is -1.83. The lowest BCUT2D eigenvalue weighted by molar-refractivity contribution is -0.139. The Hall–Kier alpha value is -0.720. The predicted octanol–water partition coefficient (Wildman–Crippen LogP) is 0.103. The molecule has 0 rings (SSSR count). The third kappa shape index (κ3) is 7.76. The lowest BCUT2D eigenvalue weighted by Gasteiger charge is -2.37. The van der Waals surface area contributed by atoms with E-state index in [-0.39, 0.29) is 29.1 Å². The molecule has 3 atom stereocenters. The molecule has 0 spiro atoms. The molecule has 0 radical (unpaired) electrons. The van der Waals surface area contributed by atoms with E-state index in [1.807, 2.05) is 0 Å². The van der Waals surface area contributed by atoms with E-state index >= 15 is 0 Å². The summed E-state index contributed by atoms with van der Waals surface area (Å²) < 4.78 is 0. The van der Waals surface area contributed by atoms with Crippen LogP contribution in [0.1, 0.15) is 34.6 Å². The Kier molecular flexibility index (Phi) is 12.1. The van der Waals surface area contributed by atoms with Crippen LogP contribution in [0.15, 0.2) is 0 Å². The van der Waals surface area contributed by atoms with Crippen molar-refractivity contribution in [3.8, 4) is 0 Å². The minimum absolute atomic E-state index is 0.0159. The number of amides is 4. The van der Waals surface area contributed by atoms with E-state index in [2.05, 4.69) is 71.8 Å². The summed E-state index contributed by atoms with van der Waals surface area (Å²) in [4.78, 5) is 50.5. The second-order valence-corrected chi connectivity index (χ2v) is 9.40. The van der Waals surface area contributed by atoms with E-state index < -0.39 is 34.3 Å². The molecular formula is C18H34N4O4S4. The van der Waals surface area contributed by atoms with Gasteiger partial charge in [-0.25, -0.2) is 0 Å². The Morgan fingerprint density at radius 2 is 1.07 bits per heavy atom. The van der Waals surface area contributed by atoms with Gasteiger partial charge in [0, 0.05) is 35.5 Å². The first-order valence-corrected chi connectivity index (χ1v) is 12.0. The molecule has 0 saturated carbocycles. The van der Waals surface area contributed by atoms with Crippen molar-refractivity contribution in [3.63, 3.8) is 0 Å². The van der Waals surface area contributed by atoms with Crippen LogP contribution in [0.5, 0.6) is 0 Å². The molecule has 0 unspecified atom stereocenters. The third-order valence-corrected chi connectivity index (χ3v) is 6.67. The fraction of sp³-hybridized carbons (Fsp3) is 0.778. The molecule has 0 aliphatic rings. The summed E-state index contributed by atoms with van der Waals surface area (Å²) in [6.07, 6.45) is 0. The van der Waals surface area contributed by atoms with Gasteiger partial charge in [-0.05, 0) is 20.8 Å². The highest BCUT2D eigenvalue weighted by molar-refractivity contribution is 7.80. The van der Waals surface area contributed by atoms with Gasteiger partial charge in [0.15, 0.2) is 0 Å². The van der Waals surface area contributed by atoms with E-state index in [4.69, 9.17) is 0 Å². The van der Waals surface area contributed by atoms with Crippen molar-refractivity contribution < 1.29 is 19.2 Å². The van der Waals surface area contributed by atoms with Crippen molar-refractivity contribution >= 4 is 74.1 Å². The molecule has 0 bridgehead atoms. The van der Waals surface area contributed by atoms with Gasteiger partial charge >= 0.3 is 0 Å². The van der Waals surface area contributed by atoms with Gasteiger partial charge in [0.2, 0.25) is 23.6 Å². The Morgan fingerprint density at radius 1 is 0.700 bits per heavy atom. The van der Waals surface area contributed by atoms with Crippen LogP contribution in [-0.2, 0) is 19.2 Å². The Bertz CT molecular complexity index is 652. The predicted molar refractivity (Wildman–Crippen MR) is 133 cm³/mol. The van der Waals surface area contributed by atoms with Crippen LogP contribution in [-0.4, -0.2) is 69.8 Å². The summed E-state index contributed by atoms with van der Waals surface area (Å²) in [7, 11) is 0. The molecule has 4 amide bonds. The highest BCUT2D eigenvalue weighted by Crippen LogP contribution is 2.16. The average Bonchev–Trinajstić information content (AvgIpc) is 2.70. The van der Waals surface area contributed by atoms with Crippen LogP contribution in [0.3, 0.4) is 0 Å². The largest absolute Gasteiger partial charge is 0.353 e. The maximum atomic E-state index is 13.0. The van der Waals surface area contributed by atoms with Crippen LogP contribution in [0.4, 0.5) is 0 Å². The minimum atomic E-state index is -1.46. The SMILES string of the molecule is CC(C)C(=O)N[C@@](C)(CS)C(=O)N[C@@](C)(CS)C(=O)N[C@@](C)(CS)C(=O)NCCS. The second-order valence-electron chi connectivity index (χ2n) is 8.00. The molecule has 4 N–H and O–H groups in total. The first-order chi connectivity index (χ1) is 13.7. The number of carbonyl (C=O) groups excluding carboxylic acids is 4. The van der Waals surface area contributed by atoms with Crippen LogP contribution in [0.25, 0.3) is 0 Å². The van der Waals surface area contributed by atoms with Gasteiger partial charge < -0.3 is 21.3 Å². The molecule has 12 heteroatoms. The lowest BCUT2D eigenvalue weighted by Crippen LogP contribution is -2.69. The Balaban J connectivity index is 5.55. The van der Waals surface area contributed by atoms with Crippen molar-refractivity contribution in [2.75, 3.05) is 29.6 Å². The van der Waals surface area contributed by atoms with Gasteiger partial charge in [0.05, 0.1) is 0 Å². The molecule has 0 saturated heterocycles. The summed E-state index contributed by atoms with van der Waals surface area (Å²) in [6.45, 7) is 8.28. The molecule has 0 aliphatic carbocycles. The van der Waals surface area contributed by atoms with Crippen molar-refractivity contribution in [2.45, 2.75) is 51.2 Å². The molecule has 0 aromatic carbocycles. The molecule has 174 valence electrons. The molecular weight excluding hydrogens is 464 g/mol. The number of hydrogen-bond acceptors (Lipinski definition) is 8. The van der Waals surface area contributed by atoms with Gasteiger partial charge in [-0.2, -0.15) is 50.5 Å². The smallest absolute Gasteiger partial charge is 0.247 e. The summed E-state index contributed by atoms with van der Waals surface area (Å²) >= 11 is 16.6. The molecule has 30 heavy (non-hydrogen) atoms. The zero-order valence-corrected chi connectivity index (χ0v) is 21.6. The fourth-order valence-electron chi connectivity index (χ4n) is 2.06. The molecule has 0 aromatic rings. The van der Waals surface area contributed by atoms with Crippen LogP contribution in [0, 0.1) is 5.92 Å². The van der Waals surface area contributed by atoms with Gasteiger partial charge in [0.1, 0.15) is 16.6 Å².